The summed E-state index contributed by atoms with van der Waals surface area (Å²) < 4.78 is 18.5. The number of nitrogens with zero attached hydrogens (tertiary/aromatic N) is 3. The molecule has 2 aromatic heterocycles. The van der Waals surface area contributed by atoms with Crippen LogP contribution in [0, 0.1) is 0 Å². The number of carbonyl (C=O) groups excluding carboxylic acids is 2. The van der Waals surface area contributed by atoms with Crippen LogP contribution in [-0.4, -0.2) is 40.7 Å². The number of halogens is 2. The van der Waals surface area contributed by atoms with Crippen molar-refractivity contribution in [1.82, 2.24) is 10.2 Å². The van der Waals surface area contributed by atoms with E-state index in [0.717, 1.165) is 0 Å². The van der Waals surface area contributed by atoms with E-state index >= 15 is 0 Å². The molecule has 11 heteroatoms. The number of Topliss-reactive ketones (excluding diaryl/α,β-unsaturated/α-hetero) is 2. The zero-order valence-electron chi connectivity index (χ0n) is 18.7. The van der Waals surface area contributed by atoms with Gasteiger partial charge in [0.15, 0.2) is 29.7 Å². The van der Waals surface area contributed by atoms with Gasteiger partial charge in [-0.2, -0.15) is 4.57 Å². The van der Waals surface area contributed by atoms with E-state index in [-0.39, 0.29) is 40.8 Å². The van der Waals surface area contributed by atoms with E-state index in [1.165, 1.54) is 11.8 Å². The average Bonchev–Trinajstić information content (AvgIpc) is 3.37. The van der Waals surface area contributed by atoms with Crippen molar-refractivity contribution in [2.75, 3.05) is 19.0 Å². The van der Waals surface area contributed by atoms with E-state index in [1.54, 1.807) is 71.6 Å². The molecule has 0 unspecified atom stereocenters. The fraction of sp³-hybridized carbons (Fsp3) is 0.160. The molecule has 8 nitrogen and oxygen atoms in total. The summed E-state index contributed by atoms with van der Waals surface area (Å²) in [4.78, 5) is 25.0. The van der Waals surface area contributed by atoms with Gasteiger partial charge in [0.25, 0.3) is 5.22 Å². The molecule has 5 rings (SSSR count). The fourth-order valence-corrected chi connectivity index (χ4v) is 4.19. The Labute approximate surface area is 226 Å². The van der Waals surface area contributed by atoms with Crippen LogP contribution in [0.5, 0.6) is 11.5 Å². The Balaban J connectivity index is 0.00000304. The molecule has 0 aliphatic carbocycles. The van der Waals surface area contributed by atoms with E-state index in [1.807, 2.05) is 0 Å². The molecule has 0 fully saturated rings. The van der Waals surface area contributed by atoms with E-state index in [0.29, 0.717) is 57.5 Å². The van der Waals surface area contributed by atoms with Gasteiger partial charge in [-0.3, -0.25) is 9.59 Å². The quantitative estimate of drug-likeness (QED) is 0.173. The first kappa shape index (κ1) is 25.9. The topological polar surface area (TPSA) is 95.4 Å². The van der Waals surface area contributed by atoms with E-state index in [9.17, 15) is 9.59 Å². The fourth-order valence-electron chi connectivity index (χ4n) is 3.41. The molecule has 3 heterocycles. The normalized spacial score (nSPS) is 12.0. The Morgan fingerprint density at radius 1 is 0.889 bits per heavy atom. The molecule has 0 N–H and O–H groups in total. The first-order valence-electron chi connectivity index (χ1n) is 10.7. The number of hydrogen-bond donors (Lipinski definition) is 0. The summed E-state index contributed by atoms with van der Waals surface area (Å²) in [7, 11) is 0. The van der Waals surface area contributed by atoms with Crippen molar-refractivity contribution in [2.45, 2.75) is 11.8 Å². The van der Waals surface area contributed by atoms with Crippen molar-refractivity contribution >= 4 is 34.9 Å². The van der Waals surface area contributed by atoms with Crippen LogP contribution in [0.25, 0.3) is 11.5 Å². The van der Waals surface area contributed by atoms with Crippen molar-refractivity contribution < 1.29 is 45.0 Å². The lowest BCUT2D eigenvalue weighted by Crippen LogP contribution is -3.00. The van der Waals surface area contributed by atoms with Crippen LogP contribution in [0.1, 0.15) is 20.7 Å². The molecule has 0 spiro atoms. The summed E-state index contributed by atoms with van der Waals surface area (Å²) in [5, 5.41) is 8.97. The Morgan fingerprint density at radius 2 is 1.58 bits per heavy atom. The van der Waals surface area contributed by atoms with Gasteiger partial charge in [0, 0.05) is 28.3 Å². The monoisotopic (exact) mass is 587 g/mol. The first-order chi connectivity index (χ1) is 17.0. The number of thioether (sulfide) groups is 1. The van der Waals surface area contributed by atoms with Crippen LogP contribution < -0.4 is 31.0 Å². The molecular formula is C25H19BrClN3O5S. The summed E-state index contributed by atoms with van der Waals surface area (Å²) in [6, 6.07) is 15.5. The first-order valence-corrected chi connectivity index (χ1v) is 12.1. The molecule has 0 bridgehead atoms. The summed E-state index contributed by atoms with van der Waals surface area (Å²) in [6.07, 6.45) is 3.54. The third kappa shape index (κ3) is 6.13. The summed E-state index contributed by atoms with van der Waals surface area (Å²) >= 11 is 7.04. The molecule has 184 valence electrons. The number of rotatable bonds is 8. The molecule has 0 saturated carbocycles. The molecule has 4 aromatic rings. The van der Waals surface area contributed by atoms with Crippen molar-refractivity contribution in [3.8, 4) is 23.0 Å². The van der Waals surface area contributed by atoms with E-state index < -0.39 is 0 Å². The maximum atomic E-state index is 12.6. The van der Waals surface area contributed by atoms with E-state index in [4.69, 9.17) is 25.5 Å². The summed E-state index contributed by atoms with van der Waals surface area (Å²) in [6.45, 7) is 1.15. The number of ether oxygens (including phenoxy) is 2. The number of pyridine rings is 1. The van der Waals surface area contributed by atoms with Crippen LogP contribution in [0.3, 0.4) is 0 Å². The SMILES string of the molecule is O=C(CSc1nnc(-c2cc[n+](CC(=O)c3ccc(Cl)cc3)cc2)o1)c1ccc2c(c1)OCCO2.[Br-]. The van der Waals surface area contributed by atoms with Gasteiger partial charge < -0.3 is 30.9 Å². The average molecular weight is 589 g/mol. The second-order valence-electron chi connectivity index (χ2n) is 7.63. The summed E-state index contributed by atoms with van der Waals surface area (Å²) in [5.41, 5.74) is 1.83. The minimum atomic E-state index is -0.0853. The Hall–Kier alpha value is -3.21. The van der Waals surface area contributed by atoms with Crippen LogP contribution in [0.2, 0.25) is 5.02 Å². The van der Waals surface area contributed by atoms with Crippen LogP contribution in [-0.2, 0) is 6.54 Å². The van der Waals surface area contributed by atoms with E-state index in [2.05, 4.69) is 10.2 Å². The minimum Gasteiger partial charge on any atom is -1.00 e. The Bertz CT molecular complexity index is 1380. The molecule has 0 amide bonds. The lowest BCUT2D eigenvalue weighted by Gasteiger charge is -2.18. The third-order valence-corrected chi connectivity index (χ3v) is 6.30. The highest BCUT2D eigenvalue weighted by atomic mass is 79.9. The van der Waals surface area contributed by atoms with Crippen molar-refractivity contribution in [2.24, 2.45) is 0 Å². The number of ketones is 2. The number of carbonyl (C=O) groups is 2. The van der Waals surface area contributed by atoms with Crippen LogP contribution >= 0.6 is 23.4 Å². The van der Waals surface area contributed by atoms with Crippen molar-refractivity contribution in [1.29, 1.82) is 0 Å². The van der Waals surface area contributed by atoms with Gasteiger partial charge in [-0.05, 0) is 42.5 Å². The molecule has 2 aromatic carbocycles. The van der Waals surface area contributed by atoms with Gasteiger partial charge in [-0.15, -0.1) is 10.2 Å². The largest absolute Gasteiger partial charge is 1.00 e. The molecular weight excluding hydrogens is 570 g/mol. The zero-order chi connectivity index (χ0) is 24.2. The molecule has 0 saturated heterocycles. The van der Waals surface area contributed by atoms with Gasteiger partial charge in [-0.1, -0.05) is 23.4 Å². The number of fused-ring (bicyclic) bond motifs is 1. The maximum Gasteiger partial charge on any atom is 0.277 e. The second kappa shape index (κ2) is 11.7. The van der Waals surface area contributed by atoms with Crippen molar-refractivity contribution in [3.63, 3.8) is 0 Å². The number of benzene rings is 2. The van der Waals surface area contributed by atoms with Gasteiger partial charge in [0.2, 0.25) is 18.2 Å². The number of aromatic nitrogens is 3. The standard InChI is InChI=1S/C25H19ClN3O5S.BrH/c26-19-4-1-16(2-5-19)20(30)14-29-9-7-17(8-10-29)24-27-28-25(34-24)35-15-21(31)18-3-6-22-23(13-18)33-12-11-32-22;/h1-10,13H,11-12,14-15H2;1H/q+1;/p-1. The highest BCUT2D eigenvalue weighted by molar-refractivity contribution is 7.99. The van der Waals surface area contributed by atoms with Gasteiger partial charge >= 0.3 is 0 Å². The third-order valence-electron chi connectivity index (χ3n) is 5.23. The molecule has 36 heavy (non-hydrogen) atoms. The van der Waals surface area contributed by atoms with Gasteiger partial charge in [0.05, 0.1) is 11.3 Å². The predicted octanol–water partition coefficient (Wildman–Crippen LogP) is 1.31. The lowest BCUT2D eigenvalue weighted by molar-refractivity contribution is -0.683. The minimum absolute atomic E-state index is 0. The smallest absolute Gasteiger partial charge is 0.277 e. The van der Waals surface area contributed by atoms with Crippen molar-refractivity contribution in [3.05, 3.63) is 83.1 Å². The Kier molecular flexibility index (Phi) is 8.40. The van der Waals surface area contributed by atoms with Crippen LogP contribution in [0.4, 0.5) is 0 Å². The Morgan fingerprint density at radius 3 is 2.33 bits per heavy atom. The lowest BCUT2D eigenvalue weighted by atomic mass is 10.1. The van der Waals surface area contributed by atoms with Crippen LogP contribution in [0.15, 0.2) is 76.6 Å². The van der Waals surface area contributed by atoms with Gasteiger partial charge in [-0.25, -0.2) is 0 Å². The highest BCUT2D eigenvalue weighted by Gasteiger charge is 2.18. The second-order valence-corrected chi connectivity index (χ2v) is 9.00. The molecule has 0 radical (unpaired) electrons. The highest BCUT2D eigenvalue weighted by Crippen LogP contribution is 2.31. The molecule has 1 aliphatic rings. The summed E-state index contributed by atoms with van der Waals surface area (Å²) in [5.74, 6) is 1.57. The molecule has 1 aliphatic heterocycles. The maximum absolute atomic E-state index is 12.6. The van der Waals surface area contributed by atoms with Gasteiger partial charge in [0.1, 0.15) is 13.2 Å². The number of hydrogen-bond acceptors (Lipinski definition) is 8. The zero-order valence-corrected chi connectivity index (χ0v) is 21.9. The predicted molar refractivity (Wildman–Crippen MR) is 128 cm³/mol. The molecule has 0 atom stereocenters.